The van der Waals surface area contributed by atoms with Gasteiger partial charge in [0.05, 0.1) is 0 Å². The molecule has 0 radical (unpaired) electrons. The maximum absolute atomic E-state index is 12.1. The number of halogens is 3. The molecule has 2 N–H and O–H groups in total. The largest absolute Gasteiger partial charge is 0.452 e. The second-order valence-electron chi connectivity index (χ2n) is 2.23. The van der Waals surface area contributed by atoms with E-state index in [-0.39, 0.29) is 17.8 Å². The quantitative estimate of drug-likeness (QED) is 0.717. The van der Waals surface area contributed by atoms with Crippen LogP contribution in [0.3, 0.4) is 0 Å². The van der Waals surface area contributed by atoms with E-state index in [1.165, 1.54) is 0 Å². The van der Waals surface area contributed by atoms with Crippen LogP contribution in [0.25, 0.3) is 0 Å². The van der Waals surface area contributed by atoms with E-state index in [2.05, 4.69) is 9.68 Å². The van der Waals surface area contributed by atoms with Crippen LogP contribution >= 0.6 is 0 Å². The van der Waals surface area contributed by atoms with E-state index in [1.54, 1.807) is 6.92 Å². The molecule has 1 aromatic rings. The fourth-order valence-electron chi connectivity index (χ4n) is 0.886. The van der Waals surface area contributed by atoms with Gasteiger partial charge in [-0.1, -0.05) is 12.1 Å². The van der Waals surface area contributed by atoms with Crippen LogP contribution in [0.5, 0.6) is 0 Å². The monoisotopic (exact) mass is 180 g/mol. The highest BCUT2D eigenvalue weighted by Crippen LogP contribution is 2.34. The van der Waals surface area contributed by atoms with Gasteiger partial charge in [-0.15, -0.1) is 0 Å². The smallest absolute Gasteiger partial charge is 0.381 e. The van der Waals surface area contributed by atoms with Gasteiger partial charge < -0.3 is 10.3 Å². The number of nitrogens with zero attached hydrogens (tertiary/aromatic N) is 1. The Kier molecular flexibility index (Phi) is 1.99. The van der Waals surface area contributed by atoms with E-state index in [1.807, 2.05) is 0 Å². The molecular weight excluding hydrogens is 173 g/mol. The molecule has 12 heavy (non-hydrogen) atoms. The summed E-state index contributed by atoms with van der Waals surface area (Å²) in [6.45, 7) is 1.55. The summed E-state index contributed by atoms with van der Waals surface area (Å²) in [6, 6.07) is 0. The van der Waals surface area contributed by atoms with Crippen LogP contribution in [-0.2, 0) is 12.6 Å². The minimum atomic E-state index is -4.50. The van der Waals surface area contributed by atoms with Crippen molar-refractivity contribution in [2.75, 3.05) is 5.73 Å². The zero-order valence-electron chi connectivity index (χ0n) is 6.27. The fourth-order valence-corrected chi connectivity index (χ4v) is 0.886. The van der Waals surface area contributed by atoms with Crippen LogP contribution in [0, 0.1) is 0 Å². The predicted octanol–water partition coefficient (Wildman–Crippen LogP) is 1.84. The van der Waals surface area contributed by atoms with Crippen molar-refractivity contribution >= 4 is 5.82 Å². The fraction of sp³-hybridized carbons (Fsp3) is 0.500. The van der Waals surface area contributed by atoms with Gasteiger partial charge in [0.25, 0.3) is 0 Å². The topological polar surface area (TPSA) is 52.0 Å². The van der Waals surface area contributed by atoms with Gasteiger partial charge in [0.2, 0.25) is 5.76 Å². The molecule has 0 fully saturated rings. The first-order valence-corrected chi connectivity index (χ1v) is 3.28. The number of aromatic nitrogens is 1. The predicted molar refractivity (Wildman–Crippen MR) is 35.3 cm³/mol. The van der Waals surface area contributed by atoms with E-state index in [0.717, 1.165) is 0 Å². The second-order valence-corrected chi connectivity index (χ2v) is 2.23. The Morgan fingerprint density at radius 2 is 2.08 bits per heavy atom. The molecular formula is C6H7F3N2O. The normalized spacial score (nSPS) is 12.0. The molecule has 1 aromatic heterocycles. The van der Waals surface area contributed by atoms with Gasteiger partial charge in [-0.25, -0.2) is 0 Å². The third-order valence-electron chi connectivity index (χ3n) is 1.43. The average molecular weight is 180 g/mol. The van der Waals surface area contributed by atoms with E-state index in [0.29, 0.717) is 0 Å². The first-order valence-electron chi connectivity index (χ1n) is 3.28. The first kappa shape index (κ1) is 8.89. The Morgan fingerprint density at radius 1 is 1.50 bits per heavy atom. The highest BCUT2D eigenvalue weighted by molar-refractivity contribution is 5.41. The minimum Gasteiger partial charge on any atom is -0.381 e. The molecule has 0 amide bonds. The molecule has 0 spiro atoms. The van der Waals surface area contributed by atoms with Gasteiger partial charge in [0, 0.05) is 5.56 Å². The average Bonchev–Trinajstić information content (AvgIpc) is 2.29. The maximum atomic E-state index is 12.1. The number of nitrogens with two attached hydrogens (primary N) is 1. The van der Waals surface area contributed by atoms with Crippen LogP contribution in [0.2, 0.25) is 0 Å². The summed E-state index contributed by atoms with van der Waals surface area (Å²) in [6.07, 6.45) is -4.35. The van der Waals surface area contributed by atoms with Crippen LogP contribution in [0.15, 0.2) is 4.52 Å². The van der Waals surface area contributed by atoms with E-state index < -0.39 is 11.9 Å². The van der Waals surface area contributed by atoms with Crippen LogP contribution in [0.1, 0.15) is 18.2 Å². The van der Waals surface area contributed by atoms with Gasteiger partial charge in [0.15, 0.2) is 5.82 Å². The summed E-state index contributed by atoms with van der Waals surface area (Å²) >= 11 is 0. The molecule has 0 bridgehead atoms. The summed E-state index contributed by atoms with van der Waals surface area (Å²) in [5.41, 5.74) is 5.06. The lowest BCUT2D eigenvalue weighted by atomic mass is 10.2. The standard InChI is InChI=1S/C6H7F3N2O/c1-2-3-4(6(7,8)9)12-11-5(3)10/h2H2,1H3,(H2,10,11). The Labute approximate surface area is 66.3 Å². The molecule has 1 heterocycles. The summed E-state index contributed by atoms with van der Waals surface area (Å²) < 4.78 is 40.2. The lowest BCUT2D eigenvalue weighted by Gasteiger charge is -2.02. The van der Waals surface area contributed by atoms with Crippen LogP contribution < -0.4 is 5.73 Å². The van der Waals surface area contributed by atoms with Crippen molar-refractivity contribution in [2.24, 2.45) is 0 Å². The summed E-state index contributed by atoms with van der Waals surface area (Å²) in [4.78, 5) is 0. The van der Waals surface area contributed by atoms with Crippen molar-refractivity contribution in [1.29, 1.82) is 0 Å². The van der Waals surface area contributed by atoms with E-state index in [9.17, 15) is 13.2 Å². The molecule has 1 rings (SSSR count). The molecule has 0 aliphatic heterocycles. The zero-order valence-corrected chi connectivity index (χ0v) is 6.27. The molecule has 0 aliphatic rings. The maximum Gasteiger partial charge on any atom is 0.452 e. The Hall–Kier alpha value is -1.20. The van der Waals surface area contributed by atoms with Crippen LogP contribution in [0.4, 0.5) is 19.0 Å². The van der Waals surface area contributed by atoms with Gasteiger partial charge in [-0.2, -0.15) is 13.2 Å². The van der Waals surface area contributed by atoms with Crippen LogP contribution in [-0.4, -0.2) is 5.16 Å². The summed E-state index contributed by atoms with van der Waals surface area (Å²) in [7, 11) is 0. The molecule has 68 valence electrons. The lowest BCUT2D eigenvalue weighted by Crippen LogP contribution is -2.06. The number of alkyl halides is 3. The molecule has 0 aromatic carbocycles. The van der Waals surface area contributed by atoms with Gasteiger partial charge in [-0.05, 0) is 6.42 Å². The Morgan fingerprint density at radius 3 is 2.42 bits per heavy atom. The number of rotatable bonds is 1. The van der Waals surface area contributed by atoms with Crippen molar-refractivity contribution in [2.45, 2.75) is 19.5 Å². The second kappa shape index (κ2) is 2.69. The molecule has 0 saturated heterocycles. The van der Waals surface area contributed by atoms with Gasteiger partial charge in [0.1, 0.15) is 0 Å². The van der Waals surface area contributed by atoms with E-state index in [4.69, 9.17) is 5.73 Å². The number of nitrogen functional groups attached to an aromatic ring is 1. The van der Waals surface area contributed by atoms with Crippen molar-refractivity contribution < 1.29 is 17.7 Å². The number of anilines is 1. The summed E-state index contributed by atoms with van der Waals surface area (Å²) in [5, 5.41) is 3.04. The summed E-state index contributed by atoms with van der Waals surface area (Å²) in [5.74, 6) is -1.28. The lowest BCUT2D eigenvalue weighted by molar-refractivity contribution is -0.156. The highest BCUT2D eigenvalue weighted by Gasteiger charge is 2.39. The van der Waals surface area contributed by atoms with Crippen molar-refractivity contribution in [3.8, 4) is 0 Å². The molecule has 0 saturated carbocycles. The molecule has 6 heteroatoms. The van der Waals surface area contributed by atoms with Crippen molar-refractivity contribution in [1.82, 2.24) is 5.16 Å². The molecule has 3 nitrogen and oxygen atoms in total. The highest BCUT2D eigenvalue weighted by atomic mass is 19.4. The Bertz CT molecular complexity index is 279. The third-order valence-corrected chi connectivity index (χ3v) is 1.43. The van der Waals surface area contributed by atoms with Gasteiger partial charge in [-0.3, -0.25) is 0 Å². The minimum absolute atomic E-state index is 0.0810. The Balaban J connectivity index is 3.16. The molecule has 0 atom stereocenters. The van der Waals surface area contributed by atoms with E-state index >= 15 is 0 Å². The number of hydrogen-bond acceptors (Lipinski definition) is 3. The SMILES string of the molecule is CCc1c(N)noc1C(F)(F)F. The molecule has 0 unspecified atom stereocenters. The zero-order chi connectivity index (χ0) is 9.35. The molecule has 0 aliphatic carbocycles. The van der Waals surface area contributed by atoms with Crippen molar-refractivity contribution in [3.63, 3.8) is 0 Å². The number of hydrogen-bond donors (Lipinski definition) is 1. The third kappa shape index (κ3) is 1.37. The van der Waals surface area contributed by atoms with Gasteiger partial charge >= 0.3 is 6.18 Å². The first-order chi connectivity index (χ1) is 5.46. The van der Waals surface area contributed by atoms with Crippen molar-refractivity contribution in [3.05, 3.63) is 11.3 Å².